The van der Waals surface area contributed by atoms with Gasteiger partial charge in [0.05, 0.1) is 0 Å². The molecule has 80 valence electrons. The van der Waals surface area contributed by atoms with Crippen molar-refractivity contribution in [3.63, 3.8) is 0 Å². The molecular formula is C13H11NO2. The number of furan rings is 1. The topological polar surface area (TPSA) is 56.2 Å². The van der Waals surface area contributed by atoms with Crippen LogP contribution in [-0.2, 0) is 4.79 Å². The molecule has 0 unspecified atom stereocenters. The molecule has 0 fully saturated rings. The van der Waals surface area contributed by atoms with Crippen LogP contribution in [0.4, 0.5) is 0 Å². The number of primary amides is 1. The quantitative estimate of drug-likeness (QED) is 0.796. The van der Waals surface area contributed by atoms with E-state index in [1.165, 1.54) is 6.08 Å². The molecule has 0 aliphatic rings. The Hall–Kier alpha value is -2.29. The van der Waals surface area contributed by atoms with Gasteiger partial charge in [-0.1, -0.05) is 30.3 Å². The standard InChI is InChI=1S/C13H11NO2/c14-13(15)9-7-11-6-8-12(16-11)10-4-2-1-3-5-10/h1-9H,(H2,14,15)/b9-7-. The van der Waals surface area contributed by atoms with Crippen molar-refractivity contribution < 1.29 is 9.21 Å². The minimum atomic E-state index is -0.488. The van der Waals surface area contributed by atoms with Crippen molar-refractivity contribution in [3.8, 4) is 11.3 Å². The van der Waals surface area contributed by atoms with Gasteiger partial charge in [0.15, 0.2) is 0 Å². The van der Waals surface area contributed by atoms with Crippen molar-refractivity contribution in [1.29, 1.82) is 0 Å². The van der Waals surface area contributed by atoms with E-state index >= 15 is 0 Å². The molecule has 0 spiro atoms. The van der Waals surface area contributed by atoms with Gasteiger partial charge in [-0.05, 0) is 18.2 Å². The van der Waals surface area contributed by atoms with Gasteiger partial charge < -0.3 is 10.2 Å². The Balaban J connectivity index is 2.23. The third kappa shape index (κ3) is 2.39. The first-order valence-electron chi connectivity index (χ1n) is 4.88. The Bertz CT molecular complexity index is 512. The molecule has 0 bridgehead atoms. The molecule has 1 aromatic carbocycles. The summed E-state index contributed by atoms with van der Waals surface area (Å²) in [7, 11) is 0. The highest BCUT2D eigenvalue weighted by Gasteiger charge is 2.01. The molecular weight excluding hydrogens is 202 g/mol. The van der Waals surface area contributed by atoms with Gasteiger partial charge >= 0.3 is 0 Å². The van der Waals surface area contributed by atoms with E-state index < -0.39 is 5.91 Å². The highest BCUT2D eigenvalue weighted by atomic mass is 16.3. The van der Waals surface area contributed by atoms with Gasteiger partial charge in [-0.25, -0.2) is 0 Å². The monoisotopic (exact) mass is 213 g/mol. The molecule has 0 radical (unpaired) electrons. The van der Waals surface area contributed by atoms with Crippen LogP contribution in [0.5, 0.6) is 0 Å². The van der Waals surface area contributed by atoms with Crippen LogP contribution in [0.3, 0.4) is 0 Å². The Morgan fingerprint density at radius 3 is 2.56 bits per heavy atom. The van der Waals surface area contributed by atoms with Crippen LogP contribution >= 0.6 is 0 Å². The number of carbonyl (C=O) groups excluding carboxylic acids is 1. The van der Waals surface area contributed by atoms with Crippen molar-refractivity contribution in [2.24, 2.45) is 5.73 Å². The predicted molar refractivity (Wildman–Crippen MR) is 62.4 cm³/mol. The normalized spacial score (nSPS) is 10.8. The van der Waals surface area contributed by atoms with Crippen LogP contribution in [0.1, 0.15) is 5.76 Å². The average Bonchev–Trinajstić information content (AvgIpc) is 2.76. The minimum Gasteiger partial charge on any atom is -0.457 e. The average molecular weight is 213 g/mol. The third-order valence-electron chi connectivity index (χ3n) is 2.10. The Kier molecular flexibility index (Phi) is 2.87. The van der Waals surface area contributed by atoms with Gasteiger partial charge in [0.1, 0.15) is 11.5 Å². The van der Waals surface area contributed by atoms with E-state index in [0.29, 0.717) is 5.76 Å². The second-order valence-electron chi connectivity index (χ2n) is 3.30. The van der Waals surface area contributed by atoms with E-state index in [2.05, 4.69) is 0 Å². The first-order chi connectivity index (χ1) is 7.75. The first kappa shape index (κ1) is 10.2. The molecule has 2 N–H and O–H groups in total. The summed E-state index contributed by atoms with van der Waals surface area (Å²) in [5.74, 6) is 0.889. The fourth-order valence-electron chi connectivity index (χ4n) is 1.36. The molecule has 0 aliphatic heterocycles. The zero-order chi connectivity index (χ0) is 11.4. The summed E-state index contributed by atoms with van der Waals surface area (Å²) >= 11 is 0. The Labute approximate surface area is 93.2 Å². The lowest BCUT2D eigenvalue weighted by Crippen LogP contribution is -2.04. The van der Waals surface area contributed by atoms with E-state index in [1.54, 1.807) is 12.1 Å². The van der Waals surface area contributed by atoms with Gasteiger partial charge in [-0.15, -0.1) is 0 Å². The summed E-state index contributed by atoms with van der Waals surface area (Å²) in [6, 6.07) is 13.4. The van der Waals surface area contributed by atoms with Gasteiger partial charge in [-0.3, -0.25) is 4.79 Å². The van der Waals surface area contributed by atoms with Crippen LogP contribution in [-0.4, -0.2) is 5.91 Å². The first-order valence-corrected chi connectivity index (χ1v) is 4.88. The molecule has 16 heavy (non-hydrogen) atoms. The molecule has 0 atom stereocenters. The lowest BCUT2D eigenvalue weighted by molar-refractivity contribution is -0.113. The number of nitrogens with two attached hydrogens (primary N) is 1. The maximum absolute atomic E-state index is 10.5. The summed E-state index contributed by atoms with van der Waals surface area (Å²) in [5.41, 5.74) is 5.99. The number of benzene rings is 1. The Morgan fingerprint density at radius 1 is 1.12 bits per heavy atom. The SMILES string of the molecule is NC(=O)/C=C\c1ccc(-c2ccccc2)o1. The summed E-state index contributed by atoms with van der Waals surface area (Å²) in [4.78, 5) is 10.5. The molecule has 2 aromatic rings. The molecule has 0 aliphatic carbocycles. The fraction of sp³-hybridized carbons (Fsp3) is 0. The molecule has 3 nitrogen and oxygen atoms in total. The van der Waals surface area contributed by atoms with E-state index in [4.69, 9.17) is 10.2 Å². The van der Waals surface area contributed by atoms with Crippen LogP contribution in [0.25, 0.3) is 17.4 Å². The predicted octanol–water partition coefficient (Wildman–Crippen LogP) is 2.45. The van der Waals surface area contributed by atoms with E-state index in [-0.39, 0.29) is 0 Å². The van der Waals surface area contributed by atoms with Crippen molar-refractivity contribution in [2.45, 2.75) is 0 Å². The molecule has 1 heterocycles. The second kappa shape index (κ2) is 4.49. The second-order valence-corrected chi connectivity index (χ2v) is 3.30. The highest BCUT2D eigenvalue weighted by Crippen LogP contribution is 2.22. The van der Waals surface area contributed by atoms with Crippen LogP contribution in [0.15, 0.2) is 53.0 Å². The maximum Gasteiger partial charge on any atom is 0.241 e. The van der Waals surface area contributed by atoms with Crippen LogP contribution in [0.2, 0.25) is 0 Å². The van der Waals surface area contributed by atoms with Crippen molar-refractivity contribution in [2.75, 3.05) is 0 Å². The molecule has 3 heteroatoms. The summed E-state index contributed by atoms with van der Waals surface area (Å²) in [6.45, 7) is 0. The van der Waals surface area contributed by atoms with E-state index in [0.717, 1.165) is 11.3 Å². The zero-order valence-corrected chi connectivity index (χ0v) is 8.59. The highest BCUT2D eigenvalue weighted by molar-refractivity contribution is 5.89. The lowest BCUT2D eigenvalue weighted by Gasteiger charge is -1.94. The number of carbonyl (C=O) groups is 1. The summed E-state index contributed by atoms with van der Waals surface area (Å²) in [6.07, 6.45) is 2.82. The van der Waals surface area contributed by atoms with Gasteiger partial charge in [0.25, 0.3) is 0 Å². The zero-order valence-electron chi connectivity index (χ0n) is 8.59. The van der Waals surface area contributed by atoms with E-state index in [1.807, 2.05) is 36.4 Å². The molecule has 0 saturated heterocycles. The number of amides is 1. The van der Waals surface area contributed by atoms with Crippen molar-refractivity contribution in [1.82, 2.24) is 0 Å². The number of hydrogen-bond acceptors (Lipinski definition) is 2. The molecule has 1 aromatic heterocycles. The lowest BCUT2D eigenvalue weighted by atomic mass is 10.2. The molecule has 2 rings (SSSR count). The number of rotatable bonds is 3. The van der Waals surface area contributed by atoms with Gasteiger partial charge in [0.2, 0.25) is 5.91 Å². The van der Waals surface area contributed by atoms with E-state index in [9.17, 15) is 4.79 Å². The molecule has 1 amide bonds. The van der Waals surface area contributed by atoms with Crippen LogP contribution < -0.4 is 5.73 Å². The molecule has 0 saturated carbocycles. The summed E-state index contributed by atoms with van der Waals surface area (Å²) in [5, 5.41) is 0. The largest absolute Gasteiger partial charge is 0.457 e. The number of hydrogen-bond donors (Lipinski definition) is 1. The van der Waals surface area contributed by atoms with Gasteiger partial charge in [-0.2, -0.15) is 0 Å². The minimum absolute atomic E-state index is 0.488. The maximum atomic E-state index is 10.5. The van der Waals surface area contributed by atoms with Gasteiger partial charge in [0, 0.05) is 11.6 Å². The smallest absolute Gasteiger partial charge is 0.241 e. The Morgan fingerprint density at radius 2 is 1.88 bits per heavy atom. The van der Waals surface area contributed by atoms with Crippen LogP contribution in [0, 0.1) is 0 Å². The fourth-order valence-corrected chi connectivity index (χ4v) is 1.36. The third-order valence-corrected chi connectivity index (χ3v) is 2.10. The van der Waals surface area contributed by atoms with Crippen molar-refractivity contribution >= 4 is 12.0 Å². The van der Waals surface area contributed by atoms with Crippen molar-refractivity contribution in [3.05, 3.63) is 54.3 Å². The summed E-state index contributed by atoms with van der Waals surface area (Å²) < 4.78 is 5.53.